The number of hydrazine groups is 1. The van der Waals surface area contributed by atoms with E-state index in [9.17, 15) is 8.78 Å². The molecule has 0 aliphatic carbocycles. The van der Waals surface area contributed by atoms with Crippen LogP contribution < -0.4 is 11.3 Å². The second kappa shape index (κ2) is 5.78. The molecule has 0 aromatic heterocycles. The first-order chi connectivity index (χ1) is 7.17. The summed E-state index contributed by atoms with van der Waals surface area (Å²) >= 11 is 0. The van der Waals surface area contributed by atoms with Gasteiger partial charge in [-0.25, -0.2) is 8.78 Å². The summed E-state index contributed by atoms with van der Waals surface area (Å²) in [5.74, 6) is 5.05. The highest BCUT2D eigenvalue weighted by Crippen LogP contribution is 2.10. The van der Waals surface area contributed by atoms with Crippen LogP contribution in [0.1, 0.15) is 18.1 Å². The zero-order chi connectivity index (χ0) is 11.3. The summed E-state index contributed by atoms with van der Waals surface area (Å²) in [6, 6.07) is 6.66. The first kappa shape index (κ1) is 12.1. The van der Waals surface area contributed by atoms with Gasteiger partial charge in [0.2, 0.25) is 0 Å². The maximum Gasteiger partial charge on any atom is 0.255 e. The van der Waals surface area contributed by atoms with Crippen LogP contribution in [0.5, 0.6) is 0 Å². The van der Waals surface area contributed by atoms with Gasteiger partial charge in [-0.1, -0.05) is 31.2 Å². The molecule has 3 N–H and O–H groups in total. The molecular formula is C11H16F2N2. The van der Waals surface area contributed by atoms with Crippen LogP contribution in [0.3, 0.4) is 0 Å². The first-order valence-electron chi connectivity index (χ1n) is 4.99. The molecule has 0 heterocycles. The number of halogens is 2. The van der Waals surface area contributed by atoms with Crippen LogP contribution in [0, 0.1) is 0 Å². The molecule has 1 atom stereocenters. The number of rotatable bonds is 5. The zero-order valence-corrected chi connectivity index (χ0v) is 8.71. The third-order valence-corrected chi connectivity index (χ3v) is 2.41. The summed E-state index contributed by atoms with van der Waals surface area (Å²) < 4.78 is 24.8. The maximum absolute atomic E-state index is 12.4. The molecule has 2 nitrogen and oxygen atoms in total. The minimum atomic E-state index is -2.44. The highest BCUT2D eigenvalue weighted by molar-refractivity contribution is 5.23. The predicted octanol–water partition coefficient (Wildman–Crippen LogP) is 1.89. The smallest absolute Gasteiger partial charge is 0.255 e. The first-order valence-corrected chi connectivity index (χ1v) is 4.99. The monoisotopic (exact) mass is 214 g/mol. The van der Waals surface area contributed by atoms with E-state index in [0.717, 1.165) is 12.0 Å². The maximum atomic E-state index is 12.4. The quantitative estimate of drug-likeness (QED) is 0.580. The summed E-state index contributed by atoms with van der Waals surface area (Å²) in [5, 5.41) is 0. The lowest BCUT2D eigenvalue weighted by molar-refractivity contribution is 0.0984. The molecule has 0 saturated carbocycles. The van der Waals surface area contributed by atoms with Crippen LogP contribution in [0.25, 0.3) is 0 Å². The third kappa shape index (κ3) is 3.57. The number of hydrogen-bond donors (Lipinski definition) is 2. The summed E-state index contributed by atoms with van der Waals surface area (Å²) in [7, 11) is 0. The number of nitrogens with one attached hydrogen (secondary N) is 1. The predicted molar refractivity (Wildman–Crippen MR) is 56.6 cm³/mol. The molecular weight excluding hydrogens is 198 g/mol. The molecule has 0 aliphatic rings. The Morgan fingerprint density at radius 1 is 1.20 bits per heavy atom. The van der Waals surface area contributed by atoms with E-state index >= 15 is 0 Å². The van der Waals surface area contributed by atoms with Crippen molar-refractivity contribution in [2.45, 2.75) is 32.2 Å². The number of aryl methyl sites for hydroxylation is 1. The minimum absolute atomic E-state index is 0.248. The van der Waals surface area contributed by atoms with E-state index in [0.29, 0.717) is 0 Å². The van der Waals surface area contributed by atoms with Gasteiger partial charge < -0.3 is 0 Å². The Hall–Kier alpha value is -1.00. The molecule has 0 aliphatic heterocycles. The van der Waals surface area contributed by atoms with E-state index in [1.807, 2.05) is 24.3 Å². The number of hydrogen-bond acceptors (Lipinski definition) is 2. The molecule has 1 rings (SSSR count). The second-order valence-electron chi connectivity index (χ2n) is 3.48. The van der Waals surface area contributed by atoms with E-state index in [1.54, 1.807) is 0 Å². The van der Waals surface area contributed by atoms with Gasteiger partial charge in [-0.15, -0.1) is 0 Å². The molecule has 0 saturated heterocycles. The lowest BCUT2D eigenvalue weighted by Crippen LogP contribution is -2.42. The fourth-order valence-corrected chi connectivity index (χ4v) is 1.39. The van der Waals surface area contributed by atoms with Crippen molar-refractivity contribution >= 4 is 0 Å². The molecule has 1 unspecified atom stereocenters. The number of nitrogens with two attached hydrogens (primary N) is 1. The van der Waals surface area contributed by atoms with E-state index in [1.165, 1.54) is 5.56 Å². The van der Waals surface area contributed by atoms with Gasteiger partial charge in [0.25, 0.3) is 6.43 Å². The van der Waals surface area contributed by atoms with Crippen LogP contribution in [0.4, 0.5) is 8.78 Å². The van der Waals surface area contributed by atoms with Crippen LogP contribution in [-0.2, 0) is 12.8 Å². The Morgan fingerprint density at radius 3 is 2.13 bits per heavy atom. The van der Waals surface area contributed by atoms with Gasteiger partial charge in [0.1, 0.15) is 0 Å². The van der Waals surface area contributed by atoms with E-state index in [2.05, 4.69) is 12.3 Å². The van der Waals surface area contributed by atoms with Crippen molar-refractivity contribution in [3.05, 3.63) is 35.4 Å². The van der Waals surface area contributed by atoms with Gasteiger partial charge >= 0.3 is 0 Å². The topological polar surface area (TPSA) is 38.0 Å². The van der Waals surface area contributed by atoms with Crippen molar-refractivity contribution in [3.63, 3.8) is 0 Å². The van der Waals surface area contributed by atoms with E-state index < -0.39 is 12.5 Å². The van der Waals surface area contributed by atoms with Crippen molar-refractivity contribution in [3.8, 4) is 0 Å². The highest BCUT2D eigenvalue weighted by atomic mass is 19.3. The highest BCUT2D eigenvalue weighted by Gasteiger charge is 2.18. The molecule has 15 heavy (non-hydrogen) atoms. The fourth-order valence-electron chi connectivity index (χ4n) is 1.39. The van der Waals surface area contributed by atoms with Crippen LogP contribution in [0.2, 0.25) is 0 Å². The Balaban J connectivity index is 2.63. The average molecular weight is 214 g/mol. The zero-order valence-electron chi connectivity index (χ0n) is 8.71. The van der Waals surface area contributed by atoms with Gasteiger partial charge in [0.05, 0.1) is 6.04 Å². The minimum Gasteiger partial charge on any atom is -0.271 e. The normalized spacial score (nSPS) is 13.1. The van der Waals surface area contributed by atoms with Crippen LogP contribution in [0.15, 0.2) is 24.3 Å². The lowest BCUT2D eigenvalue weighted by Gasteiger charge is -2.14. The molecule has 4 heteroatoms. The van der Waals surface area contributed by atoms with Gasteiger partial charge in [0, 0.05) is 0 Å². The lowest BCUT2D eigenvalue weighted by atomic mass is 10.0. The number of alkyl halides is 2. The SMILES string of the molecule is CCc1ccc(CC(NN)C(F)F)cc1. The summed E-state index contributed by atoms with van der Waals surface area (Å²) in [6.07, 6.45) is -1.24. The van der Waals surface area contributed by atoms with Crippen molar-refractivity contribution in [1.29, 1.82) is 0 Å². The van der Waals surface area contributed by atoms with Crippen molar-refractivity contribution in [2.75, 3.05) is 0 Å². The Bertz CT molecular complexity index is 285. The standard InChI is InChI=1S/C11H16F2N2/c1-2-8-3-5-9(6-4-8)7-10(15-14)11(12)13/h3-6,10-11,15H,2,7,14H2,1H3. The van der Waals surface area contributed by atoms with Crippen molar-refractivity contribution in [2.24, 2.45) is 5.84 Å². The van der Waals surface area contributed by atoms with Crippen LogP contribution in [-0.4, -0.2) is 12.5 Å². The summed E-state index contributed by atoms with van der Waals surface area (Å²) in [6.45, 7) is 2.05. The molecule has 0 spiro atoms. The Kier molecular flexibility index (Phi) is 4.65. The van der Waals surface area contributed by atoms with Crippen LogP contribution >= 0.6 is 0 Å². The van der Waals surface area contributed by atoms with E-state index in [4.69, 9.17) is 5.84 Å². The molecule has 0 radical (unpaired) electrons. The summed E-state index contributed by atoms with van der Waals surface area (Å²) in [4.78, 5) is 0. The molecule has 1 aromatic rings. The largest absolute Gasteiger partial charge is 0.271 e. The average Bonchev–Trinajstić information content (AvgIpc) is 2.26. The van der Waals surface area contributed by atoms with E-state index in [-0.39, 0.29) is 6.42 Å². The fraction of sp³-hybridized carbons (Fsp3) is 0.455. The molecule has 0 amide bonds. The van der Waals surface area contributed by atoms with Crippen molar-refractivity contribution < 1.29 is 8.78 Å². The molecule has 0 fully saturated rings. The second-order valence-corrected chi connectivity index (χ2v) is 3.48. The van der Waals surface area contributed by atoms with Crippen molar-refractivity contribution in [1.82, 2.24) is 5.43 Å². The summed E-state index contributed by atoms with van der Waals surface area (Å²) in [5.41, 5.74) is 4.20. The van der Waals surface area contributed by atoms with Gasteiger partial charge in [-0.05, 0) is 24.0 Å². The Morgan fingerprint density at radius 2 is 1.73 bits per heavy atom. The van der Waals surface area contributed by atoms with Gasteiger partial charge in [-0.2, -0.15) is 0 Å². The van der Waals surface area contributed by atoms with Gasteiger partial charge in [0.15, 0.2) is 0 Å². The molecule has 0 bridgehead atoms. The molecule has 84 valence electrons. The molecule has 1 aromatic carbocycles. The third-order valence-electron chi connectivity index (χ3n) is 2.41. The Labute approximate surface area is 88.4 Å². The number of benzene rings is 1. The van der Waals surface area contributed by atoms with Gasteiger partial charge in [-0.3, -0.25) is 11.3 Å².